The van der Waals surface area contributed by atoms with Crippen LogP contribution in [0.3, 0.4) is 0 Å². The number of hydrogen-bond donors (Lipinski definition) is 1. The summed E-state index contributed by atoms with van der Waals surface area (Å²) in [5, 5.41) is 2.95. The van der Waals surface area contributed by atoms with Crippen LogP contribution < -0.4 is 5.32 Å². The van der Waals surface area contributed by atoms with Gasteiger partial charge in [-0.2, -0.15) is 0 Å². The Morgan fingerprint density at radius 3 is 1.12 bits per heavy atom. The maximum atomic E-state index is 12.8. The molecule has 0 saturated heterocycles. The standard InChI is InChI=1S/C50H98N2O5.CH4/c1-6-10-13-16-21-28-37-47(36-9-4)56-49(54)40-31-24-19-26-33-43-52(45-35-42-51-46(5)53)44-34-27-20-25-32-41-50(55)57-48(38-29-22-17-14-11-7-2)39-30-23-18-15-12-8-3;/h47-48H,6-45H2,1-5H3,(H,51,53);1H4. The number of hydrogen-bond acceptors (Lipinski definition) is 6. The number of carbonyl (C=O) groups excluding carboxylic acids is 3. The molecule has 1 atom stereocenters. The van der Waals surface area contributed by atoms with E-state index in [0.29, 0.717) is 12.8 Å². The maximum Gasteiger partial charge on any atom is 0.306 e. The van der Waals surface area contributed by atoms with Gasteiger partial charge in [0, 0.05) is 26.3 Å². The average molecular weight is 823 g/mol. The summed E-state index contributed by atoms with van der Waals surface area (Å²) in [4.78, 5) is 39.3. The molecule has 0 saturated carbocycles. The first kappa shape index (κ1) is 58.5. The van der Waals surface area contributed by atoms with Crippen LogP contribution in [-0.4, -0.2) is 61.1 Å². The van der Waals surface area contributed by atoms with Crippen LogP contribution >= 0.6 is 0 Å². The van der Waals surface area contributed by atoms with Crippen molar-refractivity contribution in [1.82, 2.24) is 10.2 Å². The van der Waals surface area contributed by atoms with Gasteiger partial charge in [0.15, 0.2) is 0 Å². The van der Waals surface area contributed by atoms with Crippen LogP contribution in [0, 0.1) is 0 Å². The summed E-state index contributed by atoms with van der Waals surface area (Å²) < 4.78 is 11.9. The second kappa shape index (κ2) is 46.4. The van der Waals surface area contributed by atoms with Gasteiger partial charge in [-0.15, -0.1) is 0 Å². The van der Waals surface area contributed by atoms with Gasteiger partial charge in [0.25, 0.3) is 0 Å². The molecule has 0 aliphatic carbocycles. The molecule has 0 spiro atoms. The molecule has 0 aromatic heterocycles. The molecule has 0 bridgehead atoms. The Labute approximate surface area is 362 Å². The Morgan fingerprint density at radius 2 is 0.741 bits per heavy atom. The zero-order valence-electron chi connectivity index (χ0n) is 38.9. The third-order valence-electron chi connectivity index (χ3n) is 11.6. The van der Waals surface area contributed by atoms with Gasteiger partial charge in [0.05, 0.1) is 0 Å². The van der Waals surface area contributed by atoms with Crippen LogP contribution in [0.2, 0.25) is 0 Å². The fourth-order valence-electron chi connectivity index (χ4n) is 7.97. The maximum absolute atomic E-state index is 12.8. The number of ether oxygens (including phenoxy) is 2. The van der Waals surface area contributed by atoms with Crippen LogP contribution in [0.15, 0.2) is 0 Å². The largest absolute Gasteiger partial charge is 0.462 e. The van der Waals surface area contributed by atoms with Crippen LogP contribution in [0.25, 0.3) is 0 Å². The molecule has 0 aliphatic heterocycles. The van der Waals surface area contributed by atoms with Crippen molar-refractivity contribution in [1.29, 1.82) is 0 Å². The summed E-state index contributed by atoms with van der Waals surface area (Å²) in [6.07, 6.45) is 41.5. The second-order valence-electron chi connectivity index (χ2n) is 17.4. The zero-order valence-corrected chi connectivity index (χ0v) is 38.9. The Kier molecular flexibility index (Phi) is 46.8. The van der Waals surface area contributed by atoms with Crippen molar-refractivity contribution in [3.05, 3.63) is 0 Å². The topological polar surface area (TPSA) is 84.9 Å². The van der Waals surface area contributed by atoms with E-state index >= 15 is 0 Å². The van der Waals surface area contributed by atoms with Gasteiger partial charge < -0.3 is 19.7 Å². The van der Waals surface area contributed by atoms with E-state index in [1.807, 2.05) is 0 Å². The van der Waals surface area contributed by atoms with Crippen molar-refractivity contribution in [3.8, 4) is 0 Å². The van der Waals surface area contributed by atoms with E-state index in [1.54, 1.807) is 6.92 Å². The van der Waals surface area contributed by atoms with E-state index in [0.717, 1.165) is 103 Å². The summed E-state index contributed by atoms with van der Waals surface area (Å²) in [6.45, 7) is 14.5. The summed E-state index contributed by atoms with van der Waals surface area (Å²) in [5.74, 6) is 0.0525. The Bertz CT molecular complexity index is 867. The Hall–Kier alpha value is -1.63. The lowest BCUT2D eigenvalue weighted by molar-refractivity contribution is -0.151. The fourth-order valence-corrected chi connectivity index (χ4v) is 7.97. The van der Waals surface area contributed by atoms with Crippen molar-refractivity contribution in [2.75, 3.05) is 26.2 Å². The number of nitrogens with one attached hydrogen (secondary N) is 1. The van der Waals surface area contributed by atoms with E-state index in [9.17, 15) is 14.4 Å². The van der Waals surface area contributed by atoms with Crippen molar-refractivity contribution in [3.63, 3.8) is 0 Å². The highest BCUT2D eigenvalue weighted by molar-refractivity contribution is 5.72. The van der Waals surface area contributed by atoms with Gasteiger partial charge in [-0.05, 0) is 96.7 Å². The molecule has 0 radical (unpaired) electrons. The van der Waals surface area contributed by atoms with E-state index in [1.165, 1.54) is 141 Å². The molecule has 58 heavy (non-hydrogen) atoms. The zero-order chi connectivity index (χ0) is 41.9. The first-order chi connectivity index (χ1) is 27.9. The first-order valence-electron chi connectivity index (χ1n) is 25.2. The third-order valence-corrected chi connectivity index (χ3v) is 11.6. The molecular weight excluding hydrogens is 721 g/mol. The van der Waals surface area contributed by atoms with Gasteiger partial charge in [-0.1, -0.05) is 176 Å². The highest BCUT2D eigenvalue weighted by Gasteiger charge is 2.15. The van der Waals surface area contributed by atoms with Crippen LogP contribution in [-0.2, 0) is 23.9 Å². The van der Waals surface area contributed by atoms with Gasteiger partial charge >= 0.3 is 11.9 Å². The Morgan fingerprint density at radius 1 is 0.414 bits per heavy atom. The molecule has 1 N–H and O–H groups in total. The lowest BCUT2D eigenvalue weighted by Gasteiger charge is -2.22. The smallest absolute Gasteiger partial charge is 0.306 e. The predicted octanol–water partition coefficient (Wildman–Crippen LogP) is 15.0. The summed E-state index contributed by atoms with van der Waals surface area (Å²) >= 11 is 0. The lowest BCUT2D eigenvalue weighted by Crippen LogP contribution is -2.30. The summed E-state index contributed by atoms with van der Waals surface area (Å²) in [6, 6.07) is 0. The van der Waals surface area contributed by atoms with Crippen molar-refractivity contribution < 1.29 is 23.9 Å². The van der Waals surface area contributed by atoms with Gasteiger partial charge in [0.2, 0.25) is 5.91 Å². The van der Waals surface area contributed by atoms with Crippen molar-refractivity contribution in [2.24, 2.45) is 0 Å². The van der Waals surface area contributed by atoms with Gasteiger partial charge in [0.1, 0.15) is 12.2 Å². The minimum atomic E-state index is -0.00374. The molecule has 0 aromatic carbocycles. The molecule has 0 heterocycles. The van der Waals surface area contributed by atoms with Crippen LogP contribution in [0.5, 0.6) is 0 Å². The van der Waals surface area contributed by atoms with E-state index in [-0.39, 0.29) is 37.5 Å². The third kappa shape index (κ3) is 42.5. The number of nitrogens with zero attached hydrogens (tertiary/aromatic N) is 1. The molecule has 346 valence electrons. The molecule has 1 amide bonds. The van der Waals surface area contributed by atoms with Crippen molar-refractivity contribution in [2.45, 2.75) is 285 Å². The molecule has 7 heteroatoms. The molecule has 0 fully saturated rings. The molecule has 0 aromatic rings. The molecule has 0 aliphatic rings. The number of carbonyl (C=O) groups is 3. The fraction of sp³-hybridized carbons (Fsp3) is 0.941. The number of rotatable bonds is 45. The second-order valence-corrected chi connectivity index (χ2v) is 17.4. The number of esters is 2. The number of amides is 1. The van der Waals surface area contributed by atoms with Gasteiger partial charge in [-0.3, -0.25) is 14.4 Å². The van der Waals surface area contributed by atoms with Crippen molar-refractivity contribution >= 4 is 17.8 Å². The highest BCUT2D eigenvalue weighted by Crippen LogP contribution is 2.19. The minimum Gasteiger partial charge on any atom is -0.462 e. The highest BCUT2D eigenvalue weighted by atomic mass is 16.5. The quantitative estimate of drug-likeness (QED) is 0.0486. The normalized spacial score (nSPS) is 11.8. The van der Waals surface area contributed by atoms with Crippen LogP contribution in [0.4, 0.5) is 0 Å². The van der Waals surface area contributed by atoms with Gasteiger partial charge in [-0.25, -0.2) is 0 Å². The summed E-state index contributed by atoms with van der Waals surface area (Å²) in [7, 11) is 0. The summed E-state index contributed by atoms with van der Waals surface area (Å²) in [5.41, 5.74) is 0. The monoisotopic (exact) mass is 823 g/mol. The van der Waals surface area contributed by atoms with E-state index < -0.39 is 0 Å². The average Bonchev–Trinajstić information content (AvgIpc) is 3.19. The van der Waals surface area contributed by atoms with Crippen LogP contribution in [0.1, 0.15) is 273 Å². The number of unbranched alkanes of at least 4 members (excludes halogenated alkanes) is 23. The molecule has 1 unspecified atom stereocenters. The molecule has 7 nitrogen and oxygen atoms in total. The lowest BCUT2D eigenvalue weighted by atomic mass is 10.0. The van der Waals surface area contributed by atoms with E-state index in [2.05, 4.69) is 37.9 Å². The van der Waals surface area contributed by atoms with E-state index in [4.69, 9.17) is 9.47 Å². The first-order valence-corrected chi connectivity index (χ1v) is 25.2. The Balaban J connectivity index is 0. The molecular formula is C51H102N2O5. The molecule has 0 rings (SSSR count). The minimum absolute atomic E-state index is 0. The predicted molar refractivity (Wildman–Crippen MR) is 251 cm³/mol. The SMILES string of the molecule is C.CCCCCCCCC(CCC)OC(=O)CCCCCCCN(CCCCCCCC(=O)OC(CCCCCCCC)CCCCCCCC)CCCNC(C)=O.